The minimum atomic E-state index is -0.780. The summed E-state index contributed by atoms with van der Waals surface area (Å²) in [5.74, 6) is -0.533. The van der Waals surface area contributed by atoms with E-state index < -0.39 is 24.6 Å². The molecule has 6 nitrogen and oxygen atoms in total. The van der Waals surface area contributed by atoms with E-state index in [0.717, 1.165) is 0 Å². The first-order chi connectivity index (χ1) is 12.1. The van der Waals surface area contributed by atoms with Crippen LogP contribution >= 0.6 is 0 Å². The van der Waals surface area contributed by atoms with Crippen LogP contribution in [0.1, 0.15) is 18.9 Å². The third-order valence-electron chi connectivity index (χ3n) is 3.28. The average Bonchev–Trinajstić information content (AvgIpc) is 2.65. The molecular formula is C19H18N2O4. The van der Waals surface area contributed by atoms with Gasteiger partial charge in [-0.25, -0.2) is 4.79 Å². The molecule has 0 saturated heterocycles. The van der Waals surface area contributed by atoms with Crippen LogP contribution in [0.2, 0.25) is 0 Å². The lowest BCUT2D eigenvalue weighted by molar-refractivity contribution is -0.154. The van der Waals surface area contributed by atoms with Crippen molar-refractivity contribution in [2.75, 3.05) is 11.9 Å². The highest BCUT2D eigenvalue weighted by Gasteiger charge is 2.21. The SMILES string of the molecule is CC[C@@H](Oc1ccccc1)C(=O)OCC(=O)Nc1cccc(C#N)c1. The molecular weight excluding hydrogens is 320 g/mol. The molecule has 0 aliphatic carbocycles. The smallest absolute Gasteiger partial charge is 0.347 e. The van der Waals surface area contributed by atoms with Gasteiger partial charge in [0, 0.05) is 5.69 Å². The van der Waals surface area contributed by atoms with Gasteiger partial charge >= 0.3 is 5.97 Å². The molecule has 1 amide bonds. The van der Waals surface area contributed by atoms with Crippen LogP contribution in [0.4, 0.5) is 5.69 Å². The molecule has 0 bridgehead atoms. The van der Waals surface area contributed by atoms with Gasteiger partial charge in [-0.1, -0.05) is 31.2 Å². The molecule has 1 atom stereocenters. The molecule has 0 aliphatic rings. The summed E-state index contributed by atoms with van der Waals surface area (Å²) in [7, 11) is 0. The third-order valence-corrected chi connectivity index (χ3v) is 3.28. The van der Waals surface area contributed by atoms with Gasteiger partial charge in [-0.05, 0) is 36.8 Å². The van der Waals surface area contributed by atoms with Gasteiger partial charge in [0.05, 0.1) is 11.6 Å². The standard InChI is InChI=1S/C19H18N2O4/c1-2-17(25-16-9-4-3-5-10-16)19(23)24-13-18(22)21-15-8-6-7-14(11-15)12-20/h3-11,17H,2,13H2,1H3,(H,21,22)/t17-/m1/s1. The zero-order chi connectivity index (χ0) is 18.1. The number of nitrogens with one attached hydrogen (secondary N) is 1. The number of nitriles is 1. The van der Waals surface area contributed by atoms with Crippen LogP contribution in [0.3, 0.4) is 0 Å². The van der Waals surface area contributed by atoms with Crippen molar-refractivity contribution in [1.29, 1.82) is 5.26 Å². The van der Waals surface area contributed by atoms with Crippen LogP contribution in [0.5, 0.6) is 5.75 Å². The van der Waals surface area contributed by atoms with E-state index in [1.807, 2.05) is 12.1 Å². The van der Waals surface area contributed by atoms with Crippen LogP contribution in [-0.4, -0.2) is 24.6 Å². The van der Waals surface area contributed by atoms with Crippen LogP contribution in [0.25, 0.3) is 0 Å². The molecule has 0 fully saturated rings. The Balaban J connectivity index is 1.85. The fourth-order valence-corrected chi connectivity index (χ4v) is 2.05. The Bertz CT molecular complexity index is 768. The summed E-state index contributed by atoms with van der Waals surface area (Å²) in [6.45, 7) is 1.37. The highest BCUT2D eigenvalue weighted by atomic mass is 16.6. The van der Waals surface area contributed by atoms with Crippen molar-refractivity contribution in [3.05, 3.63) is 60.2 Å². The van der Waals surface area contributed by atoms with E-state index >= 15 is 0 Å². The summed E-state index contributed by atoms with van der Waals surface area (Å²) in [6, 6.07) is 17.4. The number of nitrogens with zero attached hydrogens (tertiary/aromatic N) is 1. The molecule has 2 aromatic carbocycles. The van der Waals surface area contributed by atoms with Crippen molar-refractivity contribution in [2.24, 2.45) is 0 Å². The Morgan fingerprint density at radius 1 is 1.16 bits per heavy atom. The Labute approximate surface area is 146 Å². The molecule has 0 spiro atoms. The second-order valence-corrected chi connectivity index (χ2v) is 5.18. The molecule has 25 heavy (non-hydrogen) atoms. The quantitative estimate of drug-likeness (QED) is 0.784. The topological polar surface area (TPSA) is 88.4 Å². The van der Waals surface area contributed by atoms with Crippen LogP contribution in [0.15, 0.2) is 54.6 Å². The summed E-state index contributed by atoms with van der Waals surface area (Å²) >= 11 is 0. The number of esters is 1. The number of amides is 1. The number of hydrogen-bond donors (Lipinski definition) is 1. The summed E-state index contributed by atoms with van der Waals surface area (Å²) in [5.41, 5.74) is 0.893. The first kappa shape index (κ1) is 18.0. The third kappa shape index (κ3) is 5.66. The lowest BCUT2D eigenvalue weighted by Crippen LogP contribution is -2.31. The summed E-state index contributed by atoms with van der Waals surface area (Å²) in [6.07, 6.45) is -0.364. The van der Waals surface area contributed by atoms with Gasteiger partial charge in [-0.2, -0.15) is 5.26 Å². The molecule has 0 radical (unpaired) electrons. The van der Waals surface area contributed by atoms with E-state index in [1.165, 1.54) is 6.07 Å². The highest BCUT2D eigenvalue weighted by molar-refractivity contribution is 5.93. The zero-order valence-electron chi connectivity index (χ0n) is 13.8. The van der Waals surface area contributed by atoms with E-state index in [1.54, 1.807) is 49.4 Å². The molecule has 128 valence electrons. The van der Waals surface area contributed by atoms with Crippen LogP contribution in [-0.2, 0) is 14.3 Å². The molecule has 0 aliphatic heterocycles. The Kier molecular flexibility index (Phi) is 6.55. The molecule has 2 aromatic rings. The molecule has 6 heteroatoms. The highest BCUT2D eigenvalue weighted by Crippen LogP contribution is 2.13. The van der Waals surface area contributed by atoms with E-state index in [4.69, 9.17) is 14.7 Å². The monoisotopic (exact) mass is 338 g/mol. The predicted octanol–water partition coefficient (Wildman–Crippen LogP) is 2.90. The molecule has 0 heterocycles. The number of para-hydroxylation sites is 1. The first-order valence-electron chi connectivity index (χ1n) is 7.80. The second-order valence-electron chi connectivity index (χ2n) is 5.18. The fraction of sp³-hybridized carbons (Fsp3) is 0.211. The van der Waals surface area contributed by atoms with Gasteiger partial charge < -0.3 is 14.8 Å². The van der Waals surface area contributed by atoms with Crippen molar-refractivity contribution < 1.29 is 19.1 Å². The van der Waals surface area contributed by atoms with Crippen molar-refractivity contribution in [3.63, 3.8) is 0 Å². The minimum Gasteiger partial charge on any atom is -0.479 e. The Hall–Kier alpha value is -3.33. The number of hydrogen-bond acceptors (Lipinski definition) is 5. The fourth-order valence-electron chi connectivity index (χ4n) is 2.05. The van der Waals surface area contributed by atoms with Gasteiger partial charge in [0.2, 0.25) is 0 Å². The Morgan fingerprint density at radius 2 is 1.92 bits per heavy atom. The Morgan fingerprint density at radius 3 is 2.60 bits per heavy atom. The van der Waals surface area contributed by atoms with Crippen molar-refractivity contribution in [3.8, 4) is 11.8 Å². The molecule has 2 rings (SSSR count). The van der Waals surface area contributed by atoms with Crippen LogP contribution in [0, 0.1) is 11.3 Å². The van der Waals surface area contributed by atoms with Gasteiger partial charge in [0.15, 0.2) is 12.7 Å². The van der Waals surface area contributed by atoms with Gasteiger partial charge in [0.25, 0.3) is 5.91 Å². The summed E-state index contributed by atoms with van der Waals surface area (Å²) < 4.78 is 10.6. The van der Waals surface area contributed by atoms with Crippen molar-refractivity contribution in [2.45, 2.75) is 19.4 Å². The number of benzene rings is 2. The number of ether oxygens (including phenoxy) is 2. The van der Waals surface area contributed by atoms with Crippen molar-refractivity contribution in [1.82, 2.24) is 0 Å². The largest absolute Gasteiger partial charge is 0.479 e. The molecule has 0 unspecified atom stereocenters. The maximum atomic E-state index is 12.1. The maximum absolute atomic E-state index is 12.1. The van der Waals surface area contributed by atoms with Gasteiger partial charge in [0.1, 0.15) is 5.75 Å². The predicted molar refractivity (Wildman–Crippen MR) is 91.9 cm³/mol. The van der Waals surface area contributed by atoms with Gasteiger partial charge in [-0.3, -0.25) is 4.79 Å². The zero-order valence-corrected chi connectivity index (χ0v) is 13.8. The number of carbonyl (C=O) groups is 2. The summed E-state index contributed by atoms with van der Waals surface area (Å²) in [5, 5.41) is 11.4. The van der Waals surface area contributed by atoms with Crippen LogP contribution < -0.4 is 10.1 Å². The van der Waals surface area contributed by atoms with Crippen molar-refractivity contribution >= 4 is 17.6 Å². The van der Waals surface area contributed by atoms with E-state index in [2.05, 4.69) is 5.32 Å². The summed E-state index contributed by atoms with van der Waals surface area (Å²) in [4.78, 5) is 23.9. The molecule has 0 saturated carbocycles. The number of rotatable bonds is 7. The number of anilines is 1. The molecule has 1 N–H and O–H groups in total. The maximum Gasteiger partial charge on any atom is 0.347 e. The number of carbonyl (C=O) groups excluding carboxylic acids is 2. The lowest BCUT2D eigenvalue weighted by Gasteiger charge is -2.16. The normalized spacial score (nSPS) is 11.0. The van der Waals surface area contributed by atoms with E-state index in [9.17, 15) is 9.59 Å². The van der Waals surface area contributed by atoms with Gasteiger partial charge in [-0.15, -0.1) is 0 Å². The minimum absolute atomic E-state index is 0.416. The second kappa shape index (κ2) is 9.08. The first-order valence-corrected chi connectivity index (χ1v) is 7.80. The lowest BCUT2D eigenvalue weighted by atomic mass is 10.2. The van der Waals surface area contributed by atoms with E-state index in [-0.39, 0.29) is 0 Å². The van der Waals surface area contributed by atoms with E-state index in [0.29, 0.717) is 23.4 Å². The molecule has 0 aromatic heterocycles. The average molecular weight is 338 g/mol.